The first-order valence-electron chi connectivity index (χ1n) is 7.52. The molecule has 1 aliphatic heterocycles. The molecule has 1 unspecified atom stereocenters. The van der Waals surface area contributed by atoms with Crippen LogP contribution in [0.2, 0.25) is 5.02 Å². The molecular formula is C15H21ClN2O4S. The number of piperazine rings is 1. The summed E-state index contributed by atoms with van der Waals surface area (Å²) in [6.07, 6.45) is -0.634. The second-order valence-corrected chi connectivity index (χ2v) is 8.03. The Morgan fingerprint density at radius 3 is 2.30 bits per heavy atom. The van der Waals surface area contributed by atoms with Crippen molar-refractivity contribution < 1.29 is 17.9 Å². The van der Waals surface area contributed by atoms with E-state index in [4.69, 9.17) is 16.3 Å². The number of rotatable bonds is 5. The highest BCUT2D eigenvalue weighted by Gasteiger charge is 2.30. The van der Waals surface area contributed by atoms with Crippen LogP contribution >= 0.6 is 11.6 Å². The summed E-state index contributed by atoms with van der Waals surface area (Å²) in [5.41, 5.74) is 0. The molecule has 6 nitrogen and oxygen atoms in total. The van der Waals surface area contributed by atoms with Gasteiger partial charge in [-0.05, 0) is 38.1 Å². The van der Waals surface area contributed by atoms with Gasteiger partial charge in [0.2, 0.25) is 10.0 Å². The Hall–Kier alpha value is -1.31. The lowest BCUT2D eigenvalue weighted by Crippen LogP contribution is -2.53. The van der Waals surface area contributed by atoms with Crippen molar-refractivity contribution in [3.63, 3.8) is 0 Å². The van der Waals surface area contributed by atoms with E-state index >= 15 is 0 Å². The fourth-order valence-corrected chi connectivity index (χ4v) is 3.60. The number of nitrogens with zero attached hydrogens (tertiary/aromatic N) is 2. The molecule has 2 rings (SSSR count). The molecule has 1 heterocycles. The number of benzene rings is 1. The van der Waals surface area contributed by atoms with Crippen molar-refractivity contribution in [2.75, 3.05) is 31.9 Å². The van der Waals surface area contributed by atoms with E-state index in [1.165, 1.54) is 4.31 Å². The summed E-state index contributed by atoms with van der Waals surface area (Å²) < 4.78 is 30.7. The highest BCUT2D eigenvalue weighted by atomic mass is 35.5. The fourth-order valence-electron chi connectivity index (χ4n) is 2.39. The number of ether oxygens (including phenoxy) is 1. The third-order valence-electron chi connectivity index (χ3n) is 3.78. The van der Waals surface area contributed by atoms with Gasteiger partial charge in [0.05, 0.1) is 5.75 Å². The number of hydrogen-bond donors (Lipinski definition) is 0. The highest BCUT2D eigenvalue weighted by molar-refractivity contribution is 7.89. The molecule has 1 atom stereocenters. The summed E-state index contributed by atoms with van der Waals surface area (Å²) in [5.74, 6) is 0.507. The van der Waals surface area contributed by atoms with E-state index in [-0.39, 0.29) is 11.7 Å². The van der Waals surface area contributed by atoms with Gasteiger partial charge in [-0.2, -0.15) is 4.31 Å². The number of carbonyl (C=O) groups is 1. The van der Waals surface area contributed by atoms with Crippen LogP contribution in [0.5, 0.6) is 5.75 Å². The van der Waals surface area contributed by atoms with E-state index < -0.39 is 16.1 Å². The second kappa shape index (κ2) is 7.51. The molecule has 8 heteroatoms. The number of carbonyl (C=O) groups excluding carboxylic acids is 1. The van der Waals surface area contributed by atoms with E-state index in [1.54, 1.807) is 43.0 Å². The van der Waals surface area contributed by atoms with Crippen LogP contribution in [0.4, 0.5) is 0 Å². The summed E-state index contributed by atoms with van der Waals surface area (Å²) in [5, 5.41) is 0.601. The standard InChI is InChI=1S/C15H21ClN2O4S/c1-3-23(20,21)18-10-8-17(9-11-18)15(19)12(2)22-14-6-4-13(16)5-7-14/h4-7,12H,3,8-11H2,1-2H3. The van der Waals surface area contributed by atoms with E-state index in [0.29, 0.717) is 37.0 Å². The van der Waals surface area contributed by atoms with Gasteiger partial charge < -0.3 is 9.64 Å². The van der Waals surface area contributed by atoms with Gasteiger partial charge in [-0.25, -0.2) is 8.42 Å². The molecule has 0 aliphatic carbocycles. The van der Waals surface area contributed by atoms with Gasteiger partial charge >= 0.3 is 0 Å². The zero-order chi connectivity index (χ0) is 17.0. The minimum atomic E-state index is -3.19. The van der Waals surface area contributed by atoms with Gasteiger partial charge in [0, 0.05) is 31.2 Å². The van der Waals surface area contributed by atoms with Crippen LogP contribution < -0.4 is 4.74 Å². The van der Waals surface area contributed by atoms with Gasteiger partial charge in [-0.15, -0.1) is 0 Å². The molecule has 0 saturated carbocycles. The van der Waals surface area contributed by atoms with E-state index in [2.05, 4.69) is 0 Å². The zero-order valence-corrected chi connectivity index (χ0v) is 14.8. The Morgan fingerprint density at radius 1 is 1.22 bits per heavy atom. The van der Waals surface area contributed by atoms with Crippen molar-refractivity contribution in [3.05, 3.63) is 29.3 Å². The van der Waals surface area contributed by atoms with Crippen LogP contribution in [0.3, 0.4) is 0 Å². The predicted molar refractivity (Wildman–Crippen MR) is 89.2 cm³/mol. The summed E-state index contributed by atoms with van der Waals surface area (Å²) >= 11 is 5.81. The largest absolute Gasteiger partial charge is 0.481 e. The minimum absolute atomic E-state index is 0.0804. The molecule has 1 amide bonds. The number of amides is 1. The molecule has 23 heavy (non-hydrogen) atoms. The SMILES string of the molecule is CCS(=O)(=O)N1CCN(C(=O)C(C)Oc2ccc(Cl)cc2)CC1. The fraction of sp³-hybridized carbons (Fsp3) is 0.533. The molecule has 128 valence electrons. The molecule has 0 N–H and O–H groups in total. The molecule has 0 aromatic heterocycles. The van der Waals surface area contributed by atoms with Gasteiger partial charge in [-0.3, -0.25) is 4.79 Å². The predicted octanol–water partition coefficient (Wildman–Crippen LogP) is 1.60. The molecular weight excluding hydrogens is 340 g/mol. The van der Waals surface area contributed by atoms with E-state index in [0.717, 1.165) is 0 Å². The summed E-state index contributed by atoms with van der Waals surface area (Å²) in [7, 11) is -3.19. The quantitative estimate of drug-likeness (QED) is 0.800. The van der Waals surface area contributed by atoms with E-state index in [9.17, 15) is 13.2 Å². The number of halogens is 1. The lowest BCUT2D eigenvalue weighted by molar-refractivity contribution is -0.139. The van der Waals surface area contributed by atoms with Gasteiger partial charge in [0.1, 0.15) is 5.75 Å². The third-order valence-corrected chi connectivity index (χ3v) is 5.92. The first-order valence-corrected chi connectivity index (χ1v) is 9.51. The molecule has 0 bridgehead atoms. The lowest BCUT2D eigenvalue weighted by atomic mass is 10.2. The Labute approximate surface area is 142 Å². The van der Waals surface area contributed by atoms with Crippen molar-refractivity contribution in [2.24, 2.45) is 0 Å². The van der Waals surface area contributed by atoms with Crippen molar-refractivity contribution in [3.8, 4) is 5.75 Å². The van der Waals surface area contributed by atoms with Crippen LogP contribution in [-0.2, 0) is 14.8 Å². The molecule has 0 spiro atoms. The summed E-state index contributed by atoms with van der Waals surface area (Å²) in [6.45, 7) is 4.73. The average Bonchev–Trinajstić information content (AvgIpc) is 2.56. The highest BCUT2D eigenvalue weighted by Crippen LogP contribution is 2.18. The van der Waals surface area contributed by atoms with Crippen molar-refractivity contribution in [1.82, 2.24) is 9.21 Å². The van der Waals surface area contributed by atoms with Crippen LogP contribution in [0.25, 0.3) is 0 Å². The van der Waals surface area contributed by atoms with Crippen molar-refractivity contribution in [2.45, 2.75) is 20.0 Å². The van der Waals surface area contributed by atoms with Gasteiger partial charge in [-0.1, -0.05) is 11.6 Å². The smallest absolute Gasteiger partial charge is 0.263 e. The average molecular weight is 361 g/mol. The minimum Gasteiger partial charge on any atom is -0.481 e. The maximum absolute atomic E-state index is 12.4. The van der Waals surface area contributed by atoms with Crippen LogP contribution in [0, 0.1) is 0 Å². The van der Waals surface area contributed by atoms with Crippen molar-refractivity contribution >= 4 is 27.5 Å². The normalized spacial score (nSPS) is 17.8. The number of hydrogen-bond acceptors (Lipinski definition) is 4. The van der Waals surface area contributed by atoms with Crippen LogP contribution in [0.15, 0.2) is 24.3 Å². The summed E-state index contributed by atoms with van der Waals surface area (Å²) in [6, 6.07) is 6.81. The van der Waals surface area contributed by atoms with Gasteiger partial charge in [0.25, 0.3) is 5.91 Å². The third kappa shape index (κ3) is 4.59. The molecule has 1 saturated heterocycles. The molecule has 0 radical (unpaired) electrons. The van der Waals surface area contributed by atoms with Gasteiger partial charge in [0.15, 0.2) is 6.10 Å². The lowest BCUT2D eigenvalue weighted by Gasteiger charge is -2.35. The number of sulfonamides is 1. The Bertz CT molecular complexity index is 640. The topological polar surface area (TPSA) is 66.9 Å². The molecule has 1 aliphatic rings. The summed E-state index contributed by atoms with van der Waals surface area (Å²) in [4.78, 5) is 14.0. The molecule has 1 fully saturated rings. The van der Waals surface area contributed by atoms with Crippen LogP contribution in [0.1, 0.15) is 13.8 Å². The maximum Gasteiger partial charge on any atom is 0.263 e. The maximum atomic E-state index is 12.4. The molecule has 1 aromatic carbocycles. The Kier molecular flexibility index (Phi) is 5.89. The van der Waals surface area contributed by atoms with Crippen molar-refractivity contribution in [1.29, 1.82) is 0 Å². The Balaban J connectivity index is 1.90. The Morgan fingerprint density at radius 2 is 1.78 bits per heavy atom. The van der Waals surface area contributed by atoms with E-state index in [1.807, 2.05) is 0 Å². The monoisotopic (exact) mass is 360 g/mol. The molecule has 1 aromatic rings. The second-order valence-electron chi connectivity index (χ2n) is 5.34. The zero-order valence-electron chi connectivity index (χ0n) is 13.2. The van der Waals surface area contributed by atoms with Crippen LogP contribution in [-0.4, -0.2) is 61.6 Å². The first kappa shape index (κ1) is 18.0. The first-order chi connectivity index (χ1) is 10.8.